The summed E-state index contributed by atoms with van der Waals surface area (Å²) in [6.07, 6.45) is 0. The SMILES string of the molecule is N#Cc1c(Cl)cccc1Oc1cc(Br)cc(F)c1F. The summed E-state index contributed by atoms with van der Waals surface area (Å²) in [5.41, 5.74) is 0.0592. The second-order valence-corrected chi connectivity index (χ2v) is 4.85. The molecule has 19 heavy (non-hydrogen) atoms. The molecule has 2 aromatic rings. The van der Waals surface area contributed by atoms with Gasteiger partial charge < -0.3 is 4.74 Å². The molecule has 0 heterocycles. The topological polar surface area (TPSA) is 33.0 Å². The van der Waals surface area contributed by atoms with Gasteiger partial charge in [0.05, 0.1) is 5.02 Å². The van der Waals surface area contributed by atoms with Crippen LogP contribution in [0, 0.1) is 23.0 Å². The first-order valence-corrected chi connectivity index (χ1v) is 6.21. The Balaban J connectivity index is 2.48. The van der Waals surface area contributed by atoms with Crippen molar-refractivity contribution >= 4 is 27.5 Å². The number of halogens is 4. The Morgan fingerprint density at radius 3 is 2.63 bits per heavy atom. The molecule has 2 nitrogen and oxygen atoms in total. The minimum atomic E-state index is -1.13. The summed E-state index contributed by atoms with van der Waals surface area (Å²) in [4.78, 5) is 0. The van der Waals surface area contributed by atoms with E-state index < -0.39 is 11.6 Å². The number of hydrogen-bond acceptors (Lipinski definition) is 2. The highest BCUT2D eigenvalue weighted by atomic mass is 79.9. The standard InChI is InChI=1S/C13H5BrClF2NO/c14-7-4-10(16)13(17)12(5-7)19-11-3-1-2-9(15)8(11)6-18/h1-5H. The third-order valence-electron chi connectivity index (χ3n) is 2.27. The minimum Gasteiger partial charge on any atom is -0.453 e. The van der Waals surface area contributed by atoms with Crippen molar-refractivity contribution in [2.75, 3.05) is 0 Å². The second kappa shape index (κ2) is 5.55. The molecular weight excluding hydrogens is 340 g/mol. The van der Waals surface area contributed by atoms with E-state index in [1.807, 2.05) is 6.07 Å². The Labute approximate surface area is 121 Å². The highest BCUT2D eigenvalue weighted by Crippen LogP contribution is 2.33. The van der Waals surface area contributed by atoms with Gasteiger partial charge in [-0.2, -0.15) is 9.65 Å². The predicted molar refractivity (Wildman–Crippen MR) is 70.3 cm³/mol. The van der Waals surface area contributed by atoms with E-state index in [0.717, 1.165) is 6.07 Å². The van der Waals surface area contributed by atoms with E-state index >= 15 is 0 Å². The fourth-order valence-electron chi connectivity index (χ4n) is 1.42. The summed E-state index contributed by atoms with van der Waals surface area (Å²) in [5.74, 6) is -2.45. The monoisotopic (exact) mass is 343 g/mol. The lowest BCUT2D eigenvalue weighted by Crippen LogP contribution is -1.94. The zero-order valence-electron chi connectivity index (χ0n) is 9.25. The molecule has 0 bridgehead atoms. The van der Waals surface area contributed by atoms with Crippen LogP contribution in [0.25, 0.3) is 0 Å². The van der Waals surface area contributed by atoms with Gasteiger partial charge >= 0.3 is 0 Å². The van der Waals surface area contributed by atoms with Crippen molar-refractivity contribution in [3.8, 4) is 17.6 Å². The van der Waals surface area contributed by atoms with E-state index in [1.165, 1.54) is 18.2 Å². The van der Waals surface area contributed by atoms with E-state index in [1.54, 1.807) is 6.07 Å². The van der Waals surface area contributed by atoms with Gasteiger partial charge in [-0.3, -0.25) is 0 Å². The van der Waals surface area contributed by atoms with Crippen LogP contribution < -0.4 is 4.74 Å². The molecule has 6 heteroatoms. The molecule has 0 aliphatic carbocycles. The minimum absolute atomic E-state index is 0.0592. The van der Waals surface area contributed by atoms with Crippen LogP contribution in [0.15, 0.2) is 34.8 Å². The molecule has 0 aliphatic rings. The van der Waals surface area contributed by atoms with Crippen LogP contribution in [0.1, 0.15) is 5.56 Å². The first-order valence-electron chi connectivity index (χ1n) is 5.04. The molecule has 0 saturated carbocycles. The first kappa shape index (κ1) is 13.8. The van der Waals surface area contributed by atoms with E-state index in [-0.39, 0.29) is 22.1 Å². The zero-order chi connectivity index (χ0) is 14.0. The molecule has 0 N–H and O–H groups in total. The maximum atomic E-state index is 13.6. The highest BCUT2D eigenvalue weighted by Gasteiger charge is 2.15. The molecule has 96 valence electrons. The van der Waals surface area contributed by atoms with E-state index in [0.29, 0.717) is 4.47 Å². The van der Waals surface area contributed by atoms with Crippen LogP contribution in [0.2, 0.25) is 5.02 Å². The van der Waals surface area contributed by atoms with Crippen molar-refractivity contribution < 1.29 is 13.5 Å². The number of hydrogen-bond donors (Lipinski definition) is 0. The van der Waals surface area contributed by atoms with Crippen LogP contribution in [0.3, 0.4) is 0 Å². The third-order valence-corrected chi connectivity index (χ3v) is 3.04. The maximum Gasteiger partial charge on any atom is 0.201 e. The number of nitrogens with zero attached hydrogens (tertiary/aromatic N) is 1. The van der Waals surface area contributed by atoms with Gasteiger partial charge in [0.2, 0.25) is 5.82 Å². The molecule has 0 fully saturated rings. The molecular formula is C13H5BrClF2NO. The lowest BCUT2D eigenvalue weighted by molar-refractivity contribution is 0.414. The number of nitriles is 1. The molecule has 0 amide bonds. The van der Waals surface area contributed by atoms with Gasteiger partial charge in [0.25, 0.3) is 0 Å². The lowest BCUT2D eigenvalue weighted by atomic mass is 10.2. The van der Waals surface area contributed by atoms with Gasteiger partial charge in [-0.25, -0.2) is 4.39 Å². The summed E-state index contributed by atoms with van der Waals surface area (Å²) >= 11 is 8.85. The molecule has 0 aliphatic heterocycles. The lowest BCUT2D eigenvalue weighted by Gasteiger charge is -2.09. The predicted octanol–water partition coefficient (Wildman–Crippen LogP) is 5.04. The summed E-state index contributed by atoms with van der Waals surface area (Å²) in [6, 6.07) is 8.59. The van der Waals surface area contributed by atoms with Gasteiger partial charge in [0, 0.05) is 4.47 Å². The van der Waals surface area contributed by atoms with Crippen LogP contribution in [0.5, 0.6) is 11.5 Å². The summed E-state index contributed by atoms with van der Waals surface area (Å²) in [5, 5.41) is 9.14. The van der Waals surface area contributed by atoms with Gasteiger partial charge in [0.1, 0.15) is 17.4 Å². The molecule has 0 spiro atoms. The molecule has 2 rings (SSSR count). The van der Waals surface area contributed by atoms with E-state index in [2.05, 4.69) is 15.9 Å². The van der Waals surface area contributed by atoms with Crippen LogP contribution in [0.4, 0.5) is 8.78 Å². The zero-order valence-corrected chi connectivity index (χ0v) is 11.6. The normalized spacial score (nSPS) is 10.1. The third kappa shape index (κ3) is 2.86. The second-order valence-electron chi connectivity index (χ2n) is 3.53. The van der Waals surface area contributed by atoms with Crippen molar-refractivity contribution in [2.24, 2.45) is 0 Å². The summed E-state index contributed by atoms with van der Waals surface area (Å²) in [7, 11) is 0. The van der Waals surface area contributed by atoms with Gasteiger partial charge in [0.15, 0.2) is 11.6 Å². The molecule has 0 unspecified atom stereocenters. The number of ether oxygens (including phenoxy) is 1. The average molecular weight is 345 g/mol. The average Bonchev–Trinajstić information content (AvgIpc) is 2.35. The molecule has 0 aromatic heterocycles. The van der Waals surface area contributed by atoms with Gasteiger partial charge in [-0.1, -0.05) is 33.6 Å². The summed E-state index contributed by atoms with van der Waals surface area (Å²) in [6.45, 7) is 0. The molecule has 0 radical (unpaired) electrons. The van der Waals surface area contributed by atoms with E-state index in [4.69, 9.17) is 21.6 Å². The number of benzene rings is 2. The Hall–Kier alpha value is -1.64. The molecule has 0 atom stereocenters. The van der Waals surface area contributed by atoms with E-state index in [9.17, 15) is 8.78 Å². The Bertz CT molecular complexity index is 685. The fraction of sp³-hybridized carbons (Fsp3) is 0. The van der Waals surface area contributed by atoms with Crippen molar-refractivity contribution in [1.29, 1.82) is 5.26 Å². The van der Waals surface area contributed by atoms with Gasteiger partial charge in [-0.15, -0.1) is 0 Å². The van der Waals surface area contributed by atoms with Crippen LogP contribution in [-0.4, -0.2) is 0 Å². The Morgan fingerprint density at radius 2 is 1.95 bits per heavy atom. The molecule has 0 saturated heterocycles. The number of rotatable bonds is 2. The van der Waals surface area contributed by atoms with Crippen molar-refractivity contribution in [3.63, 3.8) is 0 Å². The smallest absolute Gasteiger partial charge is 0.201 e. The summed E-state index contributed by atoms with van der Waals surface area (Å²) < 4.78 is 32.3. The molecule has 2 aromatic carbocycles. The first-order chi connectivity index (χ1) is 9.02. The quantitative estimate of drug-likeness (QED) is 0.715. The van der Waals surface area contributed by atoms with Crippen molar-refractivity contribution in [2.45, 2.75) is 0 Å². The maximum absolute atomic E-state index is 13.6. The van der Waals surface area contributed by atoms with Crippen LogP contribution in [-0.2, 0) is 0 Å². The largest absolute Gasteiger partial charge is 0.453 e. The van der Waals surface area contributed by atoms with Crippen LogP contribution >= 0.6 is 27.5 Å². The van der Waals surface area contributed by atoms with Crippen molar-refractivity contribution in [1.82, 2.24) is 0 Å². The Kier molecular flexibility index (Phi) is 4.03. The fourth-order valence-corrected chi connectivity index (χ4v) is 2.04. The highest BCUT2D eigenvalue weighted by molar-refractivity contribution is 9.10. The Morgan fingerprint density at radius 1 is 1.21 bits per heavy atom. The van der Waals surface area contributed by atoms with Gasteiger partial charge in [-0.05, 0) is 24.3 Å². The van der Waals surface area contributed by atoms with Crippen molar-refractivity contribution in [3.05, 3.63) is 57.0 Å².